The van der Waals surface area contributed by atoms with Crippen molar-refractivity contribution >= 4 is 12.4 Å². The van der Waals surface area contributed by atoms with E-state index in [9.17, 15) is 4.39 Å². The lowest BCUT2D eigenvalue weighted by Crippen LogP contribution is -2.37. The zero-order chi connectivity index (χ0) is 12.5. The van der Waals surface area contributed by atoms with Crippen LogP contribution >= 0.6 is 12.4 Å². The van der Waals surface area contributed by atoms with Crippen molar-refractivity contribution in [2.24, 2.45) is 0 Å². The minimum Gasteiger partial charge on any atom is -0.310 e. The highest BCUT2D eigenvalue weighted by atomic mass is 35.5. The molecule has 4 heteroatoms. The van der Waals surface area contributed by atoms with Crippen LogP contribution in [0.1, 0.15) is 37.8 Å². The lowest BCUT2D eigenvalue weighted by Gasteiger charge is -2.30. The van der Waals surface area contributed by atoms with E-state index in [0.29, 0.717) is 12.1 Å². The minimum atomic E-state index is -0.0765. The number of rotatable bonds is 2. The third-order valence-corrected chi connectivity index (χ3v) is 4.46. The van der Waals surface area contributed by atoms with Crippen molar-refractivity contribution in [3.05, 3.63) is 35.6 Å². The molecule has 2 saturated heterocycles. The molecule has 0 saturated carbocycles. The van der Waals surface area contributed by atoms with E-state index in [-0.39, 0.29) is 24.3 Å². The van der Waals surface area contributed by atoms with E-state index in [1.807, 2.05) is 12.1 Å². The summed E-state index contributed by atoms with van der Waals surface area (Å²) in [6.45, 7) is 4.24. The molecular weight excluding hydrogens is 263 g/mol. The maximum absolute atomic E-state index is 13.8. The fourth-order valence-electron chi connectivity index (χ4n) is 3.33. The Hall–Kier alpha value is -0.640. The summed E-state index contributed by atoms with van der Waals surface area (Å²) in [4.78, 5) is 2.43. The Bertz CT molecular complexity index is 426. The van der Waals surface area contributed by atoms with Crippen LogP contribution in [0.15, 0.2) is 24.3 Å². The molecular formula is C15H22ClFN2. The summed E-state index contributed by atoms with van der Waals surface area (Å²) in [6.07, 6.45) is 3.77. The average molecular weight is 285 g/mol. The first-order valence-electron chi connectivity index (χ1n) is 6.98. The third-order valence-electron chi connectivity index (χ3n) is 4.46. The predicted molar refractivity (Wildman–Crippen MR) is 78.2 cm³/mol. The summed E-state index contributed by atoms with van der Waals surface area (Å²) in [5.74, 6) is -0.0765. The fourth-order valence-corrected chi connectivity index (χ4v) is 3.33. The number of nitrogens with zero attached hydrogens (tertiary/aromatic N) is 1. The van der Waals surface area contributed by atoms with Crippen molar-refractivity contribution in [3.63, 3.8) is 0 Å². The molecule has 2 heterocycles. The van der Waals surface area contributed by atoms with Crippen LogP contribution in [0.5, 0.6) is 0 Å². The van der Waals surface area contributed by atoms with Crippen LogP contribution in [0, 0.1) is 5.82 Å². The molecule has 3 atom stereocenters. The van der Waals surface area contributed by atoms with Crippen LogP contribution in [-0.4, -0.2) is 30.1 Å². The van der Waals surface area contributed by atoms with Gasteiger partial charge < -0.3 is 5.32 Å². The molecule has 3 rings (SSSR count). The number of likely N-dealkylation sites (tertiary alicyclic amines) is 1. The molecule has 0 spiro atoms. The van der Waals surface area contributed by atoms with Crippen LogP contribution in [0.2, 0.25) is 0 Å². The zero-order valence-electron chi connectivity index (χ0n) is 11.3. The monoisotopic (exact) mass is 284 g/mol. The van der Waals surface area contributed by atoms with E-state index < -0.39 is 0 Å². The summed E-state index contributed by atoms with van der Waals surface area (Å²) in [5, 5.41) is 3.67. The summed E-state index contributed by atoms with van der Waals surface area (Å²) in [6, 6.07) is 8.63. The Labute approximate surface area is 120 Å². The van der Waals surface area contributed by atoms with E-state index in [0.717, 1.165) is 18.7 Å². The Morgan fingerprint density at radius 2 is 1.95 bits per heavy atom. The van der Waals surface area contributed by atoms with Crippen molar-refractivity contribution in [1.29, 1.82) is 0 Å². The van der Waals surface area contributed by atoms with Gasteiger partial charge in [-0.15, -0.1) is 12.4 Å². The van der Waals surface area contributed by atoms with Gasteiger partial charge in [-0.3, -0.25) is 4.90 Å². The second-order valence-corrected chi connectivity index (χ2v) is 5.62. The molecule has 0 aromatic heterocycles. The van der Waals surface area contributed by atoms with Crippen LogP contribution in [-0.2, 0) is 0 Å². The maximum atomic E-state index is 13.8. The number of halogens is 2. The van der Waals surface area contributed by atoms with Gasteiger partial charge >= 0.3 is 0 Å². The highest BCUT2D eigenvalue weighted by molar-refractivity contribution is 5.85. The first-order valence-corrected chi connectivity index (χ1v) is 6.98. The predicted octanol–water partition coefficient (Wildman–Crippen LogP) is 3.13. The van der Waals surface area contributed by atoms with E-state index in [1.54, 1.807) is 12.1 Å². The topological polar surface area (TPSA) is 15.3 Å². The molecule has 2 aliphatic rings. The highest BCUT2D eigenvalue weighted by Crippen LogP contribution is 2.28. The van der Waals surface area contributed by atoms with Gasteiger partial charge in [-0.1, -0.05) is 18.2 Å². The van der Waals surface area contributed by atoms with Gasteiger partial charge in [0.2, 0.25) is 0 Å². The van der Waals surface area contributed by atoms with Crippen molar-refractivity contribution in [2.45, 2.75) is 44.3 Å². The van der Waals surface area contributed by atoms with Gasteiger partial charge in [-0.05, 0) is 32.3 Å². The summed E-state index contributed by atoms with van der Waals surface area (Å²) < 4.78 is 13.8. The zero-order valence-corrected chi connectivity index (χ0v) is 12.1. The molecule has 0 aliphatic carbocycles. The molecule has 106 valence electrons. The smallest absolute Gasteiger partial charge is 0.127 e. The Kier molecular flexibility index (Phi) is 4.82. The molecule has 2 bridgehead atoms. The van der Waals surface area contributed by atoms with Gasteiger partial charge in [-0.25, -0.2) is 4.39 Å². The summed E-state index contributed by atoms with van der Waals surface area (Å²) in [7, 11) is 0. The number of nitrogens with one attached hydrogen (secondary N) is 1. The first-order chi connectivity index (χ1) is 8.74. The summed E-state index contributed by atoms with van der Waals surface area (Å²) >= 11 is 0. The molecule has 0 radical (unpaired) electrons. The number of benzene rings is 1. The molecule has 2 nitrogen and oxygen atoms in total. The molecule has 0 amide bonds. The van der Waals surface area contributed by atoms with Crippen LogP contribution in [0.25, 0.3) is 0 Å². The third kappa shape index (κ3) is 3.10. The lowest BCUT2D eigenvalue weighted by atomic mass is 10.0. The number of hydrogen-bond donors (Lipinski definition) is 1. The average Bonchev–Trinajstić information content (AvgIpc) is 2.69. The van der Waals surface area contributed by atoms with E-state index >= 15 is 0 Å². The standard InChI is InChI=1S/C15H21FN2.ClH/c1-11(14-4-2-3-5-15(14)16)18-9-8-12-6-7-13(10-18)17-12;/h2-5,11-13,17H,6-10H2,1H3;1H. The van der Waals surface area contributed by atoms with Crippen LogP contribution in [0.4, 0.5) is 4.39 Å². The van der Waals surface area contributed by atoms with Crippen molar-refractivity contribution in [3.8, 4) is 0 Å². The Morgan fingerprint density at radius 3 is 2.74 bits per heavy atom. The maximum Gasteiger partial charge on any atom is 0.127 e. The van der Waals surface area contributed by atoms with Crippen LogP contribution in [0.3, 0.4) is 0 Å². The van der Waals surface area contributed by atoms with E-state index in [2.05, 4.69) is 17.1 Å². The minimum absolute atomic E-state index is 0. The molecule has 1 aromatic carbocycles. The lowest BCUT2D eigenvalue weighted by molar-refractivity contribution is 0.196. The molecule has 2 fully saturated rings. The van der Waals surface area contributed by atoms with E-state index in [1.165, 1.54) is 19.3 Å². The van der Waals surface area contributed by atoms with Gasteiger partial charge in [0.1, 0.15) is 5.82 Å². The molecule has 3 unspecified atom stereocenters. The van der Waals surface area contributed by atoms with Gasteiger partial charge in [0, 0.05) is 36.8 Å². The quantitative estimate of drug-likeness (QED) is 0.898. The van der Waals surface area contributed by atoms with Crippen molar-refractivity contribution in [2.75, 3.05) is 13.1 Å². The SMILES string of the molecule is CC(c1ccccc1F)N1CCC2CCC(C1)N2.Cl. The normalized spacial score (nSPS) is 28.5. The van der Waals surface area contributed by atoms with Gasteiger partial charge in [0.15, 0.2) is 0 Å². The number of fused-ring (bicyclic) bond motifs is 2. The highest BCUT2D eigenvalue weighted by Gasteiger charge is 2.31. The summed E-state index contributed by atoms with van der Waals surface area (Å²) in [5.41, 5.74) is 0.829. The van der Waals surface area contributed by atoms with Gasteiger partial charge in [0.05, 0.1) is 0 Å². The second-order valence-electron chi connectivity index (χ2n) is 5.62. The largest absolute Gasteiger partial charge is 0.310 e. The Morgan fingerprint density at radius 1 is 1.21 bits per heavy atom. The first kappa shape index (κ1) is 14.8. The molecule has 1 N–H and O–H groups in total. The van der Waals surface area contributed by atoms with Gasteiger partial charge in [0.25, 0.3) is 0 Å². The van der Waals surface area contributed by atoms with Crippen LogP contribution < -0.4 is 5.32 Å². The molecule has 1 aromatic rings. The number of hydrogen-bond acceptors (Lipinski definition) is 2. The fraction of sp³-hybridized carbons (Fsp3) is 0.600. The van der Waals surface area contributed by atoms with Gasteiger partial charge in [-0.2, -0.15) is 0 Å². The molecule has 19 heavy (non-hydrogen) atoms. The molecule has 2 aliphatic heterocycles. The second kappa shape index (κ2) is 6.21. The van der Waals surface area contributed by atoms with Crippen molar-refractivity contribution < 1.29 is 4.39 Å². The van der Waals surface area contributed by atoms with Crippen molar-refractivity contribution in [1.82, 2.24) is 10.2 Å². The van der Waals surface area contributed by atoms with E-state index in [4.69, 9.17) is 0 Å². The Balaban J connectivity index is 0.00000133.